The highest BCUT2D eigenvalue weighted by Gasteiger charge is 2.10. The molecule has 0 saturated carbocycles. The lowest BCUT2D eigenvalue weighted by Crippen LogP contribution is -2.38. The van der Waals surface area contributed by atoms with E-state index in [2.05, 4.69) is 32.7 Å². The summed E-state index contributed by atoms with van der Waals surface area (Å²) in [5, 5.41) is 0. The van der Waals surface area contributed by atoms with E-state index in [-0.39, 0.29) is 0 Å². The summed E-state index contributed by atoms with van der Waals surface area (Å²) >= 11 is 0. The van der Waals surface area contributed by atoms with Crippen LogP contribution in [0.2, 0.25) is 0 Å². The number of hydrogen-bond donors (Lipinski definition) is 0. The fourth-order valence-electron chi connectivity index (χ4n) is 2.99. The van der Waals surface area contributed by atoms with Crippen molar-refractivity contribution in [2.24, 2.45) is 0 Å². The zero-order valence-electron chi connectivity index (χ0n) is 13.6. The summed E-state index contributed by atoms with van der Waals surface area (Å²) in [6.45, 7) is 5.24. The van der Waals surface area contributed by atoms with Gasteiger partial charge < -0.3 is 9.47 Å². The Hall–Kier alpha value is -2.37. The van der Waals surface area contributed by atoms with E-state index in [9.17, 15) is 0 Å². The molecule has 5 nitrogen and oxygen atoms in total. The Morgan fingerprint density at radius 1 is 1.04 bits per heavy atom. The Morgan fingerprint density at radius 3 is 2.71 bits per heavy atom. The summed E-state index contributed by atoms with van der Waals surface area (Å²) in [6.07, 6.45) is 1.86. The minimum Gasteiger partial charge on any atom is -0.492 e. The van der Waals surface area contributed by atoms with Crippen molar-refractivity contribution in [2.45, 2.75) is 0 Å². The van der Waals surface area contributed by atoms with Gasteiger partial charge in [-0.3, -0.25) is 9.47 Å². The van der Waals surface area contributed by atoms with Gasteiger partial charge in [-0.25, -0.2) is 4.98 Å². The first-order valence-electron chi connectivity index (χ1n) is 8.35. The zero-order chi connectivity index (χ0) is 16.2. The van der Waals surface area contributed by atoms with Crippen LogP contribution in [0.15, 0.2) is 54.9 Å². The minimum atomic E-state index is 0.685. The second kappa shape index (κ2) is 7.03. The molecule has 5 heteroatoms. The van der Waals surface area contributed by atoms with E-state index < -0.39 is 0 Å². The molecule has 0 atom stereocenters. The molecular formula is C19H21N3O2. The van der Waals surface area contributed by atoms with Gasteiger partial charge in [0, 0.05) is 31.4 Å². The van der Waals surface area contributed by atoms with Gasteiger partial charge >= 0.3 is 0 Å². The predicted octanol–water partition coefficient (Wildman–Crippen LogP) is 2.74. The average Bonchev–Trinajstić information content (AvgIpc) is 3.07. The van der Waals surface area contributed by atoms with Gasteiger partial charge in [-0.05, 0) is 24.3 Å². The van der Waals surface area contributed by atoms with E-state index in [0.717, 1.165) is 55.3 Å². The van der Waals surface area contributed by atoms with E-state index in [1.165, 1.54) is 0 Å². The molecule has 2 heterocycles. The molecule has 0 radical (unpaired) electrons. The largest absolute Gasteiger partial charge is 0.492 e. The maximum absolute atomic E-state index is 5.90. The number of aromatic nitrogens is 2. The van der Waals surface area contributed by atoms with Crippen molar-refractivity contribution in [3.63, 3.8) is 0 Å². The summed E-state index contributed by atoms with van der Waals surface area (Å²) in [5.74, 6) is 0.870. The molecule has 2 aromatic carbocycles. The van der Waals surface area contributed by atoms with Crippen LogP contribution in [0.1, 0.15) is 0 Å². The maximum Gasteiger partial charge on any atom is 0.121 e. The van der Waals surface area contributed by atoms with E-state index in [4.69, 9.17) is 9.47 Å². The molecule has 1 aliphatic rings. The topological polar surface area (TPSA) is 39.5 Å². The highest BCUT2D eigenvalue weighted by atomic mass is 16.5. The van der Waals surface area contributed by atoms with Gasteiger partial charge in [-0.1, -0.05) is 18.2 Å². The van der Waals surface area contributed by atoms with Crippen molar-refractivity contribution in [2.75, 3.05) is 39.5 Å². The molecule has 1 fully saturated rings. The molecular weight excluding hydrogens is 302 g/mol. The number of ether oxygens (including phenoxy) is 2. The Labute approximate surface area is 141 Å². The molecule has 0 bridgehead atoms. The highest BCUT2D eigenvalue weighted by Crippen LogP contribution is 2.22. The molecule has 1 aliphatic heterocycles. The molecule has 24 heavy (non-hydrogen) atoms. The first kappa shape index (κ1) is 15.2. The quantitative estimate of drug-likeness (QED) is 0.724. The van der Waals surface area contributed by atoms with E-state index >= 15 is 0 Å². The number of nitrogens with zero attached hydrogens (tertiary/aromatic N) is 3. The average molecular weight is 323 g/mol. The SMILES string of the molecule is c1ccc(-n2cnc3cc(OCCN4CCOCC4)ccc32)cc1. The fourth-order valence-corrected chi connectivity index (χ4v) is 2.99. The van der Waals surface area contributed by atoms with Gasteiger partial charge in [0.1, 0.15) is 18.7 Å². The lowest BCUT2D eigenvalue weighted by molar-refractivity contribution is 0.0322. The molecule has 1 aromatic heterocycles. The third-order valence-electron chi connectivity index (χ3n) is 4.33. The van der Waals surface area contributed by atoms with Crippen LogP contribution in [0.3, 0.4) is 0 Å². The second-order valence-corrected chi connectivity index (χ2v) is 5.90. The van der Waals surface area contributed by atoms with E-state index in [0.29, 0.717) is 6.61 Å². The van der Waals surface area contributed by atoms with Gasteiger partial charge in [0.05, 0.1) is 24.2 Å². The smallest absolute Gasteiger partial charge is 0.121 e. The molecule has 0 N–H and O–H groups in total. The molecule has 0 amide bonds. The normalized spacial score (nSPS) is 15.7. The number of hydrogen-bond acceptors (Lipinski definition) is 4. The standard InChI is InChI=1S/C19H21N3O2/c1-2-4-16(5-3-1)22-15-20-18-14-17(6-7-19(18)22)24-13-10-21-8-11-23-12-9-21/h1-7,14-15H,8-13H2. The highest BCUT2D eigenvalue weighted by molar-refractivity contribution is 5.78. The van der Waals surface area contributed by atoms with Crippen molar-refractivity contribution in [3.8, 4) is 11.4 Å². The van der Waals surface area contributed by atoms with Crippen molar-refractivity contribution >= 4 is 11.0 Å². The van der Waals surface area contributed by atoms with E-state index in [1.807, 2.05) is 36.7 Å². The van der Waals surface area contributed by atoms with Crippen molar-refractivity contribution in [1.29, 1.82) is 0 Å². The van der Waals surface area contributed by atoms with E-state index in [1.54, 1.807) is 0 Å². The van der Waals surface area contributed by atoms with Gasteiger partial charge in [-0.15, -0.1) is 0 Å². The summed E-state index contributed by atoms with van der Waals surface area (Å²) < 4.78 is 13.3. The molecule has 0 spiro atoms. The van der Waals surface area contributed by atoms with Gasteiger partial charge in [0.25, 0.3) is 0 Å². The Kier molecular flexibility index (Phi) is 4.44. The zero-order valence-corrected chi connectivity index (χ0v) is 13.6. The van der Waals surface area contributed by atoms with Crippen molar-refractivity contribution < 1.29 is 9.47 Å². The number of para-hydroxylation sites is 1. The van der Waals surface area contributed by atoms with Crippen LogP contribution < -0.4 is 4.74 Å². The maximum atomic E-state index is 5.90. The molecule has 124 valence electrons. The van der Waals surface area contributed by atoms with Crippen LogP contribution in [-0.2, 0) is 4.74 Å². The molecule has 0 unspecified atom stereocenters. The predicted molar refractivity (Wildman–Crippen MR) is 93.8 cm³/mol. The number of morpholine rings is 1. The lowest BCUT2D eigenvalue weighted by atomic mass is 10.2. The third kappa shape index (κ3) is 3.27. The fraction of sp³-hybridized carbons (Fsp3) is 0.316. The second-order valence-electron chi connectivity index (χ2n) is 5.90. The van der Waals surface area contributed by atoms with Gasteiger partial charge in [-0.2, -0.15) is 0 Å². The Morgan fingerprint density at radius 2 is 1.88 bits per heavy atom. The van der Waals surface area contributed by atoms with Crippen LogP contribution >= 0.6 is 0 Å². The number of imidazole rings is 1. The van der Waals surface area contributed by atoms with Crippen molar-refractivity contribution in [1.82, 2.24) is 14.5 Å². The molecule has 0 aliphatic carbocycles. The Bertz CT molecular complexity index is 795. The van der Waals surface area contributed by atoms with Crippen LogP contribution in [0.5, 0.6) is 5.75 Å². The third-order valence-corrected chi connectivity index (χ3v) is 4.33. The lowest BCUT2D eigenvalue weighted by Gasteiger charge is -2.26. The van der Waals surface area contributed by atoms with Crippen LogP contribution in [0.25, 0.3) is 16.7 Å². The summed E-state index contributed by atoms with van der Waals surface area (Å²) in [7, 11) is 0. The molecule has 3 aromatic rings. The first-order valence-corrected chi connectivity index (χ1v) is 8.35. The van der Waals surface area contributed by atoms with Gasteiger partial charge in [0.15, 0.2) is 0 Å². The summed E-state index contributed by atoms with van der Waals surface area (Å²) in [4.78, 5) is 6.88. The van der Waals surface area contributed by atoms with Crippen molar-refractivity contribution in [3.05, 3.63) is 54.9 Å². The first-order chi connectivity index (χ1) is 11.9. The minimum absolute atomic E-state index is 0.685. The van der Waals surface area contributed by atoms with Gasteiger partial charge in [0.2, 0.25) is 0 Å². The monoisotopic (exact) mass is 323 g/mol. The summed E-state index contributed by atoms with van der Waals surface area (Å²) in [6, 6.07) is 16.3. The van der Waals surface area contributed by atoms with Crippen LogP contribution in [-0.4, -0.2) is 53.9 Å². The molecule has 4 rings (SSSR count). The van der Waals surface area contributed by atoms with Crippen LogP contribution in [0.4, 0.5) is 0 Å². The number of benzene rings is 2. The summed E-state index contributed by atoms with van der Waals surface area (Å²) in [5.41, 5.74) is 3.14. The Balaban J connectivity index is 1.44. The van der Waals surface area contributed by atoms with Crippen LogP contribution in [0, 0.1) is 0 Å². The molecule has 1 saturated heterocycles. The number of fused-ring (bicyclic) bond motifs is 1. The number of rotatable bonds is 5.